The van der Waals surface area contributed by atoms with Crippen LogP contribution < -0.4 is 10.1 Å². The Bertz CT molecular complexity index is 653. The monoisotopic (exact) mass is 320 g/mol. The first kappa shape index (κ1) is 15.3. The predicted octanol–water partition coefficient (Wildman–Crippen LogP) is 0.474. The van der Waals surface area contributed by atoms with Gasteiger partial charge < -0.3 is 19.9 Å². The lowest BCUT2D eigenvalue weighted by Gasteiger charge is -2.18. The van der Waals surface area contributed by atoms with Crippen LogP contribution >= 0.6 is 0 Å². The number of carbonyl (C=O) groups is 3. The van der Waals surface area contributed by atoms with Crippen LogP contribution in [0.25, 0.3) is 0 Å². The Morgan fingerprint density at radius 1 is 1.39 bits per heavy atom. The Hall–Kier alpha value is -2.61. The molecule has 3 amide bonds. The van der Waals surface area contributed by atoms with Crippen molar-refractivity contribution in [2.24, 2.45) is 0 Å². The van der Waals surface area contributed by atoms with Crippen molar-refractivity contribution in [2.75, 3.05) is 26.4 Å². The fourth-order valence-corrected chi connectivity index (χ4v) is 2.73. The van der Waals surface area contributed by atoms with Gasteiger partial charge in [0.05, 0.1) is 13.2 Å². The number of carboxylic acid groups (broad SMARTS) is 1. The molecule has 0 aliphatic carbocycles. The van der Waals surface area contributed by atoms with Crippen LogP contribution in [-0.4, -0.2) is 59.8 Å². The molecule has 2 heterocycles. The standard InChI is InChI=1S/C15H16N2O6/c18-12(19)10-3-1-2-4-11(10)23-8-6-17-13(20)15(16-14(17)21)5-7-22-9-15/h1-4H,5-9H2,(H,16,21)(H,18,19). The molecule has 0 radical (unpaired) electrons. The molecular formula is C15H16N2O6. The van der Waals surface area contributed by atoms with Crippen LogP contribution in [0.3, 0.4) is 0 Å². The molecule has 1 spiro atoms. The molecule has 8 heteroatoms. The SMILES string of the molecule is O=C(O)c1ccccc1OCCN1C(=O)NC2(CCOC2)C1=O. The number of amides is 3. The highest BCUT2D eigenvalue weighted by molar-refractivity contribution is 6.07. The molecule has 2 aliphatic heterocycles. The number of aromatic carboxylic acids is 1. The molecule has 1 unspecified atom stereocenters. The number of para-hydroxylation sites is 1. The van der Waals surface area contributed by atoms with Crippen molar-refractivity contribution in [2.45, 2.75) is 12.0 Å². The summed E-state index contributed by atoms with van der Waals surface area (Å²) in [5.74, 6) is -1.22. The van der Waals surface area contributed by atoms with E-state index in [9.17, 15) is 14.4 Å². The second-order valence-electron chi connectivity index (χ2n) is 5.42. The highest BCUT2D eigenvalue weighted by Crippen LogP contribution is 2.26. The molecule has 1 atom stereocenters. The summed E-state index contributed by atoms with van der Waals surface area (Å²) in [6.45, 7) is 0.667. The van der Waals surface area contributed by atoms with E-state index in [0.717, 1.165) is 4.90 Å². The zero-order valence-electron chi connectivity index (χ0n) is 12.3. The summed E-state index contributed by atoms with van der Waals surface area (Å²) >= 11 is 0. The van der Waals surface area contributed by atoms with Gasteiger partial charge in [-0.2, -0.15) is 0 Å². The van der Waals surface area contributed by atoms with E-state index in [2.05, 4.69) is 5.32 Å². The average Bonchev–Trinajstić information content (AvgIpc) is 3.08. The number of nitrogens with one attached hydrogen (secondary N) is 1. The topological polar surface area (TPSA) is 105 Å². The van der Waals surface area contributed by atoms with Gasteiger partial charge in [-0.1, -0.05) is 12.1 Å². The van der Waals surface area contributed by atoms with E-state index in [4.69, 9.17) is 14.6 Å². The summed E-state index contributed by atoms with van der Waals surface area (Å²) < 4.78 is 10.6. The van der Waals surface area contributed by atoms with E-state index >= 15 is 0 Å². The molecule has 2 aliphatic rings. The first-order valence-electron chi connectivity index (χ1n) is 7.20. The van der Waals surface area contributed by atoms with Gasteiger partial charge in [-0.25, -0.2) is 9.59 Å². The van der Waals surface area contributed by atoms with Gasteiger partial charge in [0, 0.05) is 13.0 Å². The van der Waals surface area contributed by atoms with Crippen molar-refractivity contribution in [1.29, 1.82) is 0 Å². The normalized spacial score (nSPS) is 23.4. The van der Waals surface area contributed by atoms with Gasteiger partial charge in [-0.3, -0.25) is 9.69 Å². The lowest BCUT2D eigenvalue weighted by Crippen LogP contribution is -2.47. The smallest absolute Gasteiger partial charge is 0.339 e. The van der Waals surface area contributed by atoms with Crippen LogP contribution in [-0.2, 0) is 9.53 Å². The largest absolute Gasteiger partial charge is 0.491 e. The Kier molecular flexibility index (Phi) is 3.91. The van der Waals surface area contributed by atoms with Gasteiger partial charge in [0.25, 0.3) is 5.91 Å². The fraction of sp³-hybridized carbons (Fsp3) is 0.400. The number of urea groups is 1. The predicted molar refractivity (Wildman–Crippen MR) is 77.3 cm³/mol. The lowest BCUT2D eigenvalue weighted by molar-refractivity contribution is -0.131. The van der Waals surface area contributed by atoms with Crippen molar-refractivity contribution < 1.29 is 29.0 Å². The van der Waals surface area contributed by atoms with Crippen LogP contribution in [0.2, 0.25) is 0 Å². The zero-order valence-corrected chi connectivity index (χ0v) is 12.3. The van der Waals surface area contributed by atoms with Crippen molar-refractivity contribution in [3.63, 3.8) is 0 Å². The summed E-state index contributed by atoms with van der Waals surface area (Å²) in [6, 6.07) is 5.73. The fourth-order valence-electron chi connectivity index (χ4n) is 2.73. The molecule has 2 saturated heterocycles. The number of ether oxygens (including phenoxy) is 2. The van der Waals surface area contributed by atoms with Gasteiger partial charge in [0.1, 0.15) is 23.5 Å². The third-order valence-corrected chi connectivity index (χ3v) is 3.96. The van der Waals surface area contributed by atoms with Crippen molar-refractivity contribution in [1.82, 2.24) is 10.2 Å². The summed E-state index contributed by atoms with van der Waals surface area (Å²) in [4.78, 5) is 36.5. The quantitative estimate of drug-likeness (QED) is 0.764. The maximum absolute atomic E-state index is 12.4. The summed E-state index contributed by atoms with van der Waals surface area (Å²) in [6.07, 6.45) is 0.455. The first-order chi connectivity index (χ1) is 11.0. The number of rotatable bonds is 5. The number of imide groups is 1. The van der Waals surface area contributed by atoms with E-state index in [-0.39, 0.29) is 37.0 Å². The van der Waals surface area contributed by atoms with Crippen molar-refractivity contribution in [3.8, 4) is 5.75 Å². The molecule has 0 aromatic heterocycles. The van der Waals surface area contributed by atoms with E-state index in [1.165, 1.54) is 12.1 Å². The molecule has 3 rings (SSSR count). The summed E-state index contributed by atoms with van der Waals surface area (Å²) in [5.41, 5.74) is -0.916. The van der Waals surface area contributed by atoms with Gasteiger partial charge >= 0.3 is 12.0 Å². The van der Waals surface area contributed by atoms with Crippen LogP contribution in [0.1, 0.15) is 16.8 Å². The molecule has 1 aromatic rings. The number of carbonyl (C=O) groups excluding carboxylic acids is 2. The highest BCUT2D eigenvalue weighted by atomic mass is 16.5. The number of nitrogens with zero attached hydrogens (tertiary/aromatic N) is 1. The average molecular weight is 320 g/mol. The highest BCUT2D eigenvalue weighted by Gasteiger charge is 2.53. The summed E-state index contributed by atoms with van der Waals surface area (Å²) in [5, 5.41) is 11.7. The Morgan fingerprint density at radius 2 is 2.17 bits per heavy atom. The Balaban J connectivity index is 1.62. The third kappa shape index (κ3) is 2.72. The maximum atomic E-state index is 12.4. The van der Waals surface area contributed by atoms with Gasteiger partial charge in [-0.05, 0) is 12.1 Å². The maximum Gasteiger partial charge on any atom is 0.339 e. The molecular weight excluding hydrogens is 304 g/mol. The van der Waals surface area contributed by atoms with Crippen LogP contribution in [0, 0.1) is 0 Å². The van der Waals surface area contributed by atoms with E-state index in [0.29, 0.717) is 13.0 Å². The Morgan fingerprint density at radius 3 is 2.87 bits per heavy atom. The minimum atomic E-state index is -1.10. The van der Waals surface area contributed by atoms with Gasteiger partial charge in [0.2, 0.25) is 0 Å². The zero-order chi connectivity index (χ0) is 16.4. The molecule has 122 valence electrons. The van der Waals surface area contributed by atoms with Crippen LogP contribution in [0.5, 0.6) is 5.75 Å². The number of hydrogen-bond donors (Lipinski definition) is 2. The van der Waals surface area contributed by atoms with E-state index < -0.39 is 17.5 Å². The lowest BCUT2D eigenvalue weighted by atomic mass is 9.99. The molecule has 1 aromatic carbocycles. The summed E-state index contributed by atoms with van der Waals surface area (Å²) in [7, 11) is 0. The van der Waals surface area contributed by atoms with Crippen LogP contribution in [0.15, 0.2) is 24.3 Å². The first-order valence-corrected chi connectivity index (χ1v) is 7.20. The second-order valence-corrected chi connectivity index (χ2v) is 5.42. The third-order valence-electron chi connectivity index (χ3n) is 3.96. The Labute approximate surface area is 132 Å². The minimum Gasteiger partial charge on any atom is -0.491 e. The van der Waals surface area contributed by atoms with Crippen LogP contribution in [0.4, 0.5) is 4.79 Å². The van der Waals surface area contributed by atoms with Gasteiger partial charge in [0.15, 0.2) is 0 Å². The number of benzene rings is 1. The minimum absolute atomic E-state index is 0.0143. The molecule has 8 nitrogen and oxygen atoms in total. The van der Waals surface area contributed by atoms with E-state index in [1.54, 1.807) is 12.1 Å². The number of hydrogen-bond acceptors (Lipinski definition) is 5. The van der Waals surface area contributed by atoms with Gasteiger partial charge in [-0.15, -0.1) is 0 Å². The second kappa shape index (κ2) is 5.88. The van der Waals surface area contributed by atoms with Crippen molar-refractivity contribution in [3.05, 3.63) is 29.8 Å². The van der Waals surface area contributed by atoms with E-state index in [1.807, 2.05) is 0 Å². The molecule has 2 fully saturated rings. The molecule has 0 saturated carbocycles. The number of carboxylic acids is 1. The molecule has 2 N–H and O–H groups in total. The molecule has 23 heavy (non-hydrogen) atoms. The van der Waals surface area contributed by atoms with Crippen molar-refractivity contribution >= 4 is 17.9 Å². The molecule has 0 bridgehead atoms.